The molecule has 0 aromatic carbocycles. The summed E-state index contributed by atoms with van der Waals surface area (Å²) in [5.74, 6) is 0.984. The minimum atomic E-state index is -0.229. The van der Waals surface area contributed by atoms with E-state index in [1.54, 1.807) is 13.2 Å². The molecule has 0 spiro atoms. The number of methoxy groups -OCH3 is 1. The molecule has 0 saturated carbocycles. The molecule has 16 heavy (non-hydrogen) atoms. The van der Waals surface area contributed by atoms with Gasteiger partial charge in [-0.1, -0.05) is 0 Å². The highest BCUT2D eigenvalue weighted by atomic mass is 16.6. The Hall–Kier alpha value is -1.24. The van der Waals surface area contributed by atoms with Crippen molar-refractivity contribution in [2.75, 3.05) is 32.7 Å². The smallest absolute Gasteiger partial charge is 0.162 e. The third-order valence-electron chi connectivity index (χ3n) is 2.21. The van der Waals surface area contributed by atoms with E-state index in [-0.39, 0.29) is 6.10 Å². The number of anilines is 1. The molecule has 6 heteroatoms. The topological polar surface area (TPSA) is 79.5 Å². The predicted octanol–water partition coefficient (Wildman–Crippen LogP) is 0.293. The van der Waals surface area contributed by atoms with Crippen molar-refractivity contribution in [2.24, 2.45) is 0 Å². The van der Waals surface area contributed by atoms with Gasteiger partial charge in [0.2, 0.25) is 0 Å². The van der Waals surface area contributed by atoms with Gasteiger partial charge in [0.1, 0.15) is 11.9 Å². The molecule has 1 unspecified atom stereocenters. The fraction of sp³-hybridized carbons (Fsp3) is 0.600. The monoisotopic (exact) mass is 225 g/mol. The van der Waals surface area contributed by atoms with Gasteiger partial charge in [-0.25, -0.2) is 9.97 Å². The van der Waals surface area contributed by atoms with Crippen molar-refractivity contribution in [3.63, 3.8) is 0 Å². The van der Waals surface area contributed by atoms with Gasteiger partial charge in [-0.3, -0.25) is 0 Å². The van der Waals surface area contributed by atoms with E-state index < -0.39 is 0 Å². The Bertz CT molecular complexity index is 353. The molecular formula is C10H15N3O3. The summed E-state index contributed by atoms with van der Waals surface area (Å²) in [6.45, 7) is 2.05. The van der Waals surface area contributed by atoms with Crippen LogP contribution in [-0.4, -0.2) is 36.9 Å². The summed E-state index contributed by atoms with van der Waals surface area (Å²) >= 11 is 0. The van der Waals surface area contributed by atoms with E-state index in [0.29, 0.717) is 38.1 Å². The van der Waals surface area contributed by atoms with E-state index in [9.17, 15) is 0 Å². The highest BCUT2D eigenvalue weighted by molar-refractivity contribution is 5.30. The molecule has 1 aromatic rings. The zero-order chi connectivity index (χ0) is 11.4. The molecule has 88 valence electrons. The van der Waals surface area contributed by atoms with E-state index in [1.165, 1.54) is 0 Å². The number of nitrogens with two attached hydrogens (primary N) is 1. The number of nitrogen functional groups attached to an aromatic ring is 1. The van der Waals surface area contributed by atoms with Crippen molar-refractivity contribution in [2.45, 2.75) is 12.7 Å². The van der Waals surface area contributed by atoms with E-state index in [4.69, 9.17) is 19.9 Å². The van der Waals surface area contributed by atoms with E-state index >= 15 is 0 Å². The number of hydrogen-bond acceptors (Lipinski definition) is 6. The van der Waals surface area contributed by atoms with Gasteiger partial charge in [0.05, 0.1) is 32.1 Å². The Labute approximate surface area is 93.7 Å². The molecular weight excluding hydrogens is 210 g/mol. The zero-order valence-electron chi connectivity index (χ0n) is 9.18. The molecule has 2 heterocycles. The maximum Gasteiger partial charge on any atom is 0.162 e. The molecule has 1 fully saturated rings. The molecule has 1 aliphatic heterocycles. The second kappa shape index (κ2) is 5.20. The van der Waals surface area contributed by atoms with E-state index in [1.807, 2.05) is 0 Å². The molecule has 2 N–H and O–H groups in total. The van der Waals surface area contributed by atoms with Crippen molar-refractivity contribution < 1.29 is 14.2 Å². The second-order valence-corrected chi connectivity index (χ2v) is 3.51. The van der Waals surface area contributed by atoms with Crippen molar-refractivity contribution in [1.82, 2.24) is 9.97 Å². The van der Waals surface area contributed by atoms with Gasteiger partial charge in [-0.05, 0) is 0 Å². The SMILES string of the molecule is COCc1cc(N)nc(C2COCCO2)n1. The van der Waals surface area contributed by atoms with Crippen LogP contribution in [0.5, 0.6) is 0 Å². The van der Waals surface area contributed by atoms with Gasteiger partial charge in [-0.2, -0.15) is 0 Å². The summed E-state index contributed by atoms with van der Waals surface area (Å²) in [6, 6.07) is 1.69. The Morgan fingerprint density at radius 3 is 3.06 bits per heavy atom. The second-order valence-electron chi connectivity index (χ2n) is 3.51. The van der Waals surface area contributed by atoms with Gasteiger partial charge in [0.15, 0.2) is 5.82 Å². The van der Waals surface area contributed by atoms with Crippen LogP contribution < -0.4 is 5.73 Å². The fourth-order valence-electron chi connectivity index (χ4n) is 1.54. The standard InChI is InChI=1S/C10H15N3O3/c1-14-5-7-4-9(11)13-10(12-7)8-6-15-2-3-16-8/h4,8H,2-3,5-6H2,1H3,(H2,11,12,13). The summed E-state index contributed by atoms with van der Waals surface area (Å²) in [4.78, 5) is 8.47. The Morgan fingerprint density at radius 1 is 1.50 bits per heavy atom. The lowest BCUT2D eigenvalue weighted by atomic mass is 10.3. The van der Waals surface area contributed by atoms with Crippen LogP contribution in [0.15, 0.2) is 6.07 Å². The number of aromatic nitrogens is 2. The van der Waals surface area contributed by atoms with Crippen LogP contribution in [0, 0.1) is 0 Å². The first-order valence-corrected chi connectivity index (χ1v) is 5.11. The molecule has 0 bridgehead atoms. The van der Waals surface area contributed by atoms with Crippen LogP contribution >= 0.6 is 0 Å². The molecule has 2 rings (SSSR count). The largest absolute Gasteiger partial charge is 0.384 e. The van der Waals surface area contributed by atoms with Crippen LogP contribution in [-0.2, 0) is 20.8 Å². The Morgan fingerprint density at radius 2 is 2.38 bits per heavy atom. The summed E-state index contributed by atoms with van der Waals surface area (Å²) in [6.07, 6.45) is -0.229. The summed E-state index contributed by atoms with van der Waals surface area (Å²) in [5, 5.41) is 0. The van der Waals surface area contributed by atoms with Gasteiger partial charge < -0.3 is 19.9 Å². The van der Waals surface area contributed by atoms with E-state index in [2.05, 4.69) is 9.97 Å². The van der Waals surface area contributed by atoms with Crippen molar-refractivity contribution >= 4 is 5.82 Å². The van der Waals surface area contributed by atoms with Crippen molar-refractivity contribution in [1.29, 1.82) is 0 Å². The molecule has 1 saturated heterocycles. The summed E-state index contributed by atoms with van der Waals surface area (Å²) in [7, 11) is 1.61. The molecule has 0 aliphatic carbocycles. The lowest BCUT2D eigenvalue weighted by Crippen LogP contribution is -2.24. The first-order valence-electron chi connectivity index (χ1n) is 5.11. The van der Waals surface area contributed by atoms with Crippen LogP contribution in [0.3, 0.4) is 0 Å². The van der Waals surface area contributed by atoms with Crippen LogP contribution in [0.2, 0.25) is 0 Å². The highest BCUT2D eigenvalue weighted by Crippen LogP contribution is 2.18. The van der Waals surface area contributed by atoms with Crippen LogP contribution in [0.1, 0.15) is 17.6 Å². The highest BCUT2D eigenvalue weighted by Gasteiger charge is 2.20. The molecule has 6 nitrogen and oxygen atoms in total. The van der Waals surface area contributed by atoms with Crippen molar-refractivity contribution in [3.05, 3.63) is 17.6 Å². The van der Waals surface area contributed by atoms with Crippen molar-refractivity contribution in [3.8, 4) is 0 Å². The molecule has 1 atom stereocenters. The quantitative estimate of drug-likeness (QED) is 0.796. The average molecular weight is 225 g/mol. The first-order chi connectivity index (χ1) is 7.79. The third-order valence-corrected chi connectivity index (χ3v) is 2.21. The third kappa shape index (κ3) is 2.66. The number of hydrogen-bond donors (Lipinski definition) is 1. The predicted molar refractivity (Wildman–Crippen MR) is 56.7 cm³/mol. The summed E-state index contributed by atoms with van der Waals surface area (Å²) in [5.41, 5.74) is 6.44. The van der Waals surface area contributed by atoms with Crippen LogP contribution in [0.25, 0.3) is 0 Å². The average Bonchev–Trinajstić information content (AvgIpc) is 2.30. The lowest BCUT2D eigenvalue weighted by Gasteiger charge is -2.22. The normalized spacial score (nSPS) is 20.9. The molecule has 1 aliphatic rings. The van der Waals surface area contributed by atoms with Gasteiger partial charge >= 0.3 is 0 Å². The Kier molecular flexibility index (Phi) is 3.66. The van der Waals surface area contributed by atoms with Gasteiger partial charge in [0, 0.05) is 13.2 Å². The summed E-state index contributed by atoms with van der Waals surface area (Å²) < 4.78 is 15.8. The lowest BCUT2D eigenvalue weighted by molar-refractivity contribution is -0.0936. The van der Waals surface area contributed by atoms with Gasteiger partial charge in [-0.15, -0.1) is 0 Å². The fourth-order valence-corrected chi connectivity index (χ4v) is 1.54. The van der Waals surface area contributed by atoms with E-state index in [0.717, 1.165) is 5.69 Å². The van der Waals surface area contributed by atoms with Crippen LogP contribution in [0.4, 0.5) is 5.82 Å². The molecule has 1 aromatic heterocycles. The number of rotatable bonds is 3. The first kappa shape index (κ1) is 11.3. The maximum atomic E-state index is 5.69. The number of ether oxygens (including phenoxy) is 3. The molecule has 0 radical (unpaired) electrons. The van der Waals surface area contributed by atoms with Gasteiger partial charge in [0.25, 0.3) is 0 Å². The minimum Gasteiger partial charge on any atom is -0.384 e. The number of nitrogens with zero attached hydrogens (tertiary/aromatic N) is 2. The zero-order valence-corrected chi connectivity index (χ0v) is 9.18. The maximum absolute atomic E-state index is 5.69. The minimum absolute atomic E-state index is 0.229. The Balaban J connectivity index is 2.18. The molecule has 0 amide bonds.